The Balaban J connectivity index is 2.09. The van der Waals surface area contributed by atoms with Crippen molar-refractivity contribution in [3.05, 3.63) is 0 Å². The van der Waals surface area contributed by atoms with Crippen LogP contribution >= 0.6 is 0 Å². The van der Waals surface area contributed by atoms with Crippen LogP contribution in [0.15, 0.2) is 0 Å². The Morgan fingerprint density at radius 1 is 1.36 bits per heavy atom. The van der Waals surface area contributed by atoms with E-state index < -0.39 is 0 Å². The van der Waals surface area contributed by atoms with Gasteiger partial charge in [-0.25, -0.2) is 0 Å². The van der Waals surface area contributed by atoms with Gasteiger partial charge in [-0.1, -0.05) is 19.3 Å². The average Bonchev–Trinajstić information content (AvgIpc) is 2.19. The van der Waals surface area contributed by atoms with Crippen LogP contribution in [-0.4, -0.2) is 36.0 Å². The van der Waals surface area contributed by atoms with Crippen molar-refractivity contribution >= 4 is 0 Å². The van der Waals surface area contributed by atoms with Crippen molar-refractivity contribution in [2.45, 2.75) is 56.7 Å². The van der Waals surface area contributed by atoms with Crippen LogP contribution in [0.5, 0.6) is 0 Å². The van der Waals surface area contributed by atoms with Gasteiger partial charge in [-0.05, 0) is 19.8 Å². The van der Waals surface area contributed by atoms with Gasteiger partial charge in [0.25, 0.3) is 0 Å². The second kappa shape index (κ2) is 4.17. The molecule has 0 radical (unpaired) electrons. The summed E-state index contributed by atoms with van der Waals surface area (Å²) in [5.41, 5.74) is 0.0741. The first-order valence-electron chi connectivity index (χ1n) is 5.77. The number of rotatable bonds is 1. The molecule has 1 spiro atoms. The zero-order valence-corrected chi connectivity index (χ0v) is 8.96. The first-order valence-corrected chi connectivity index (χ1v) is 5.77. The first kappa shape index (κ1) is 10.4. The molecule has 0 aromatic carbocycles. The molecule has 1 saturated carbocycles. The molecule has 82 valence electrons. The van der Waals surface area contributed by atoms with E-state index in [-0.39, 0.29) is 18.2 Å². The molecular weight excluding hydrogens is 178 g/mol. The van der Waals surface area contributed by atoms with Gasteiger partial charge in [0.15, 0.2) is 0 Å². The maximum absolute atomic E-state index is 9.33. The monoisotopic (exact) mass is 199 g/mol. The Hall–Kier alpha value is -0.120. The summed E-state index contributed by atoms with van der Waals surface area (Å²) in [6.07, 6.45) is 6.18. The summed E-state index contributed by atoms with van der Waals surface area (Å²) in [5, 5.41) is 13.0. The van der Waals surface area contributed by atoms with E-state index in [1.807, 2.05) is 0 Å². The largest absolute Gasteiger partial charge is 0.394 e. The third kappa shape index (κ3) is 1.81. The number of aliphatic hydroxyl groups is 1. The van der Waals surface area contributed by atoms with Crippen molar-refractivity contribution in [3.63, 3.8) is 0 Å². The molecule has 2 fully saturated rings. The Morgan fingerprint density at radius 2 is 2.07 bits per heavy atom. The zero-order valence-electron chi connectivity index (χ0n) is 8.96. The van der Waals surface area contributed by atoms with E-state index in [2.05, 4.69) is 12.2 Å². The van der Waals surface area contributed by atoms with Crippen LogP contribution in [0, 0.1) is 0 Å². The van der Waals surface area contributed by atoms with Gasteiger partial charge in [-0.2, -0.15) is 0 Å². The van der Waals surface area contributed by atoms with E-state index in [4.69, 9.17) is 4.74 Å². The fourth-order valence-corrected chi connectivity index (χ4v) is 2.92. The predicted octanol–water partition coefficient (Wildman–Crippen LogP) is 1.06. The SMILES string of the molecule is CC1COC(CO)C2(CCCCC2)N1. The third-order valence-corrected chi connectivity index (χ3v) is 3.61. The molecule has 3 nitrogen and oxygen atoms in total. The normalized spacial score (nSPS) is 37.3. The number of nitrogens with one attached hydrogen (secondary N) is 1. The second-order valence-electron chi connectivity index (χ2n) is 4.77. The Labute approximate surface area is 85.8 Å². The predicted molar refractivity (Wildman–Crippen MR) is 55.2 cm³/mol. The molecule has 2 rings (SSSR count). The molecule has 14 heavy (non-hydrogen) atoms. The maximum atomic E-state index is 9.33. The summed E-state index contributed by atoms with van der Waals surface area (Å²) in [7, 11) is 0. The molecule has 2 aliphatic rings. The number of hydrogen-bond donors (Lipinski definition) is 2. The van der Waals surface area contributed by atoms with E-state index >= 15 is 0 Å². The summed E-state index contributed by atoms with van der Waals surface area (Å²) in [5.74, 6) is 0. The van der Waals surface area contributed by atoms with Crippen LogP contribution in [0.2, 0.25) is 0 Å². The smallest absolute Gasteiger partial charge is 0.0987 e. The number of hydrogen-bond acceptors (Lipinski definition) is 3. The van der Waals surface area contributed by atoms with Gasteiger partial charge < -0.3 is 15.2 Å². The lowest BCUT2D eigenvalue weighted by atomic mass is 9.76. The van der Waals surface area contributed by atoms with Gasteiger partial charge in [0, 0.05) is 11.6 Å². The highest BCUT2D eigenvalue weighted by atomic mass is 16.5. The van der Waals surface area contributed by atoms with Crippen LogP contribution in [0.1, 0.15) is 39.0 Å². The third-order valence-electron chi connectivity index (χ3n) is 3.61. The lowest BCUT2D eigenvalue weighted by molar-refractivity contribution is -0.103. The fraction of sp³-hybridized carbons (Fsp3) is 1.00. The van der Waals surface area contributed by atoms with E-state index in [1.165, 1.54) is 19.3 Å². The molecule has 2 atom stereocenters. The highest BCUT2D eigenvalue weighted by Crippen LogP contribution is 2.34. The quantitative estimate of drug-likeness (QED) is 0.663. The summed E-state index contributed by atoms with van der Waals surface area (Å²) in [4.78, 5) is 0. The molecule has 1 aliphatic carbocycles. The molecular formula is C11H21NO2. The van der Waals surface area contributed by atoms with Crippen LogP contribution < -0.4 is 5.32 Å². The standard InChI is InChI=1S/C11H21NO2/c1-9-8-14-10(7-13)11(12-9)5-3-2-4-6-11/h9-10,12-13H,2-8H2,1H3. The average molecular weight is 199 g/mol. The van der Waals surface area contributed by atoms with Gasteiger partial charge in [-0.15, -0.1) is 0 Å². The van der Waals surface area contributed by atoms with Crippen LogP contribution in [0.4, 0.5) is 0 Å². The molecule has 1 saturated heterocycles. The fourth-order valence-electron chi connectivity index (χ4n) is 2.92. The molecule has 3 heteroatoms. The van der Waals surface area contributed by atoms with Gasteiger partial charge >= 0.3 is 0 Å². The van der Waals surface area contributed by atoms with Crippen molar-refractivity contribution in [3.8, 4) is 0 Å². The molecule has 1 aliphatic heterocycles. The van der Waals surface area contributed by atoms with E-state index in [9.17, 15) is 5.11 Å². The molecule has 0 amide bonds. The van der Waals surface area contributed by atoms with E-state index in [0.717, 1.165) is 19.4 Å². The minimum Gasteiger partial charge on any atom is -0.394 e. The van der Waals surface area contributed by atoms with Crippen molar-refractivity contribution in [1.29, 1.82) is 0 Å². The van der Waals surface area contributed by atoms with Gasteiger partial charge in [0.05, 0.1) is 19.3 Å². The summed E-state index contributed by atoms with van der Waals surface area (Å²) in [6.45, 7) is 3.04. The second-order valence-corrected chi connectivity index (χ2v) is 4.77. The van der Waals surface area contributed by atoms with Crippen LogP contribution in [0.25, 0.3) is 0 Å². The summed E-state index contributed by atoms with van der Waals surface area (Å²) in [6, 6.07) is 0.427. The molecule has 0 aromatic heterocycles. The van der Waals surface area contributed by atoms with E-state index in [1.54, 1.807) is 0 Å². The van der Waals surface area contributed by atoms with E-state index in [0.29, 0.717) is 6.04 Å². The number of morpholine rings is 1. The number of aliphatic hydroxyl groups excluding tert-OH is 1. The lowest BCUT2D eigenvalue weighted by Gasteiger charge is -2.48. The number of ether oxygens (including phenoxy) is 1. The summed E-state index contributed by atoms with van der Waals surface area (Å²) < 4.78 is 5.72. The minimum absolute atomic E-state index is 0.0130. The van der Waals surface area contributed by atoms with Crippen molar-refractivity contribution < 1.29 is 9.84 Å². The van der Waals surface area contributed by atoms with Crippen molar-refractivity contribution in [2.75, 3.05) is 13.2 Å². The molecule has 0 aromatic rings. The maximum Gasteiger partial charge on any atom is 0.0987 e. The molecule has 2 N–H and O–H groups in total. The van der Waals surface area contributed by atoms with Gasteiger partial charge in [-0.3, -0.25) is 0 Å². The Morgan fingerprint density at radius 3 is 2.71 bits per heavy atom. The van der Waals surface area contributed by atoms with Crippen LogP contribution in [-0.2, 0) is 4.74 Å². The van der Waals surface area contributed by atoms with Gasteiger partial charge in [0.2, 0.25) is 0 Å². The van der Waals surface area contributed by atoms with Gasteiger partial charge in [0.1, 0.15) is 0 Å². The van der Waals surface area contributed by atoms with Crippen molar-refractivity contribution in [1.82, 2.24) is 5.32 Å². The molecule has 1 heterocycles. The first-order chi connectivity index (χ1) is 6.77. The Bertz CT molecular complexity index is 190. The van der Waals surface area contributed by atoms with Crippen LogP contribution in [0.3, 0.4) is 0 Å². The highest BCUT2D eigenvalue weighted by molar-refractivity contribution is 5.01. The van der Waals surface area contributed by atoms with Crippen molar-refractivity contribution in [2.24, 2.45) is 0 Å². The minimum atomic E-state index is 0.0130. The topological polar surface area (TPSA) is 41.5 Å². The highest BCUT2D eigenvalue weighted by Gasteiger charge is 2.43. The Kier molecular flexibility index (Phi) is 3.10. The zero-order chi connectivity index (χ0) is 10.0. The summed E-state index contributed by atoms with van der Waals surface area (Å²) >= 11 is 0. The molecule has 0 bridgehead atoms. The molecule has 2 unspecified atom stereocenters. The lowest BCUT2D eigenvalue weighted by Crippen LogP contribution is -2.65.